The van der Waals surface area contributed by atoms with Crippen LogP contribution in [-0.2, 0) is 0 Å². The molecule has 0 aromatic carbocycles. The van der Waals surface area contributed by atoms with Crippen LogP contribution in [0.2, 0.25) is 0 Å². The predicted octanol–water partition coefficient (Wildman–Crippen LogP) is 2.72. The number of rotatable bonds is 3. The highest BCUT2D eigenvalue weighted by Crippen LogP contribution is 2.13. The van der Waals surface area contributed by atoms with Crippen molar-refractivity contribution in [1.29, 1.82) is 0 Å². The van der Waals surface area contributed by atoms with Crippen molar-refractivity contribution in [2.75, 3.05) is 0 Å². The van der Waals surface area contributed by atoms with Gasteiger partial charge in [0.2, 0.25) is 0 Å². The third kappa shape index (κ3) is 2.82. The van der Waals surface area contributed by atoms with E-state index in [-0.39, 0.29) is 5.91 Å². The number of nitrogens with one attached hydrogen (secondary N) is 1. The molecule has 0 saturated heterocycles. The van der Waals surface area contributed by atoms with E-state index in [1.165, 1.54) is 0 Å². The zero-order valence-electron chi connectivity index (χ0n) is 9.56. The zero-order chi connectivity index (χ0) is 12.3. The molecule has 2 rings (SSSR count). The third-order valence-corrected chi connectivity index (χ3v) is 2.99. The Morgan fingerprint density at radius 3 is 2.94 bits per heavy atom. The summed E-state index contributed by atoms with van der Waals surface area (Å²) in [5.41, 5.74) is 2.99. The summed E-state index contributed by atoms with van der Waals surface area (Å²) < 4.78 is 5.28. The fourth-order valence-corrected chi connectivity index (χ4v) is 2.02. The topological polar surface area (TPSA) is 54.6 Å². The highest BCUT2D eigenvalue weighted by atomic mass is 32.1. The average Bonchev–Trinajstić information content (AvgIpc) is 2.88. The summed E-state index contributed by atoms with van der Waals surface area (Å²) in [4.78, 5) is 12.7. The normalized spacial score (nSPS) is 10.9. The molecule has 0 radical (unpaired) electrons. The maximum Gasteiger partial charge on any atom is 0.274 e. The lowest BCUT2D eigenvalue weighted by molar-refractivity contribution is 0.0953. The minimum absolute atomic E-state index is 0.257. The molecule has 0 saturated carbocycles. The molecule has 17 heavy (non-hydrogen) atoms. The van der Waals surface area contributed by atoms with Crippen molar-refractivity contribution in [2.45, 2.75) is 13.8 Å². The molecule has 0 atom stereocenters. The quantitative estimate of drug-likeness (QED) is 0.670. The van der Waals surface area contributed by atoms with E-state index < -0.39 is 0 Å². The SMILES string of the molecule is Cc1cc(C(=O)N/N=C/c2cccs2)c(C)o1. The van der Waals surface area contributed by atoms with E-state index in [1.807, 2.05) is 17.5 Å². The summed E-state index contributed by atoms with van der Waals surface area (Å²) >= 11 is 1.56. The minimum Gasteiger partial charge on any atom is -0.466 e. The Balaban J connectivity index is 2.00. The van der Waals surface area contributed by atoms with Crippen molar-refractivity contribution in [1.82, 2.24) is 5.43 Å². The van der Waals surface area contributed by atoms with Crippen molar-refractivity contribution < 1.29 is 9.21 Å². The smallest absolute Gasteiger partial charge is 0.274 e. The molecule has 1 N–H and O–H groups in total. The number of thiophene rings is 1. The van der Waals surface area contributed by atoms with Crippen molar-refractivity contribution in [3.05, 3.63) is 45.5 Å². The van der Waals surface area contributed by atoms with Crippen LogP contribution in [0.3, 0.4) is 0 Å². The van der Waals surface area contributed by atoms with Gasteiger partial charge in [0.05, 0.1) is 11.8 Å². The molecular formula is C12H12N2O2S. The van der Waals surface area contributed by atoms with Crippen LogP contribution >= 0.6 is 11.3 Å². The number of furan rings is 1. The van der Waals surface area contributed by atoms with Gasteiger partial charge in [0, 0.05) is 4.88 Å². The van der Waals surface area contributed by atoms with Crippen LogP contribution in [0.5, 0.6) is 0 Å². The van der Waals surface area contributed by atoms with Gasteiger partial charge in [0.25, 0.3) is 5.91 Å². The van der Waals surface area contributed by atoms with Crippen LogP contribution in [-0.4, -0.2) is 12.1 Å². The van der Waals surface area contributed by atoms with Crippen molar-refractivity contribution in [2.24, 2.45) is 5.10 Å². The van der Waals surface area contributed by atoms with Gasteiger partial charge >= 0.3 is 0 Å². The first-order chi connectivity index (χ1) is 8.16. The highest BCUT2D eigenvalue weighted by Gasteiger charge is 2.12. The lowest BCUT2D eigenvalue weighted by Crippen LogP contribution is -2.17. The number of aryl methyl sites for hydroxylation is 2. The third-order valence-electron chi connectivity index (χ3n) is 2.19. The van der Waals surface area contributed by atoms with Crippen molar-refractivity contribution in [3.63, 3.8) is 0 Å². The van der Waals surface area contributed by atoms with E-state index in [2.05, 4.69) is 10.5 Å². The molecule has 5 heteroatoms. The monoisotopic (exact) mass is 248 g/mol. The number of hydrogen-bond acceptors (Lipinski definition) is 4. The van der Waals surface area contributed by atoms with E-state index in [9.17, 15) is 4.79 Å². The minimum atomic E-state index is -0.257. The van der Waals surface area contributed by atoms with Crippen LogP contribution in [0.15, 0.2) is 33.1 Å². The predicted molar refractivity (Wildman–Crippen MR) is 67.6 cm³/mol. The lowest BCUT2D eigenvalue weighted by Gasteiger charge is -1.96. The Morgan fingerprint density at radius 2 is 2.35 bits per heavy atom. The Hall–Kier alpha value is -1.88. The largest absolute Gasteiger partial charge is 0.466 e. The van der Waals surface area contributed by atoms with Crippen LogP contribution in [0.25, 0.3) is 0 Å². The zero-order valence-corrected chi connectivity index (χ0v) is 10.4. The molecule has 2 aromatic rings. The van der Waals surface area contributed by atoms with E-state index >= 15 is 0 Å². The number of hydrazone groups is 1. The fraction of sp³-hybridized carbons (Fsp3) is 0.167. The molecule has 0 spiro atoms. The first-order valence-corrected chi connectivity index (χ1v) is 5.99. The van der Waals surface area contributed by atoms with Crippen LogP contribution < -0.4 is 5.43 Å². The molecule has 0 aliphatic carbocycles. The van der Waals surface area contributed by atoms with Crippen LogP contribution in [0.4, 0.5) is 0 Å². The molecular weight excluding hydrogens is 236 g/mol. The van der Waals surface area contributed by atoms with Gasteiger partial charge in [-0.15, -0.1) is 11.3 Å². The highest BCUT2D eigenvalue weighted by molar-refractivity contribution is 7.11. The van der Waals surface area contributed by atoms with Crippen LogP contribution in [0.1, 0.15) is 26.8 Å². The maximum absolute atomic E-state index is 11.7. The number of carbonyl (C=O) groups is 1. The fourth-order valence-electron chi connectivity index (χ4n) is 1.44. The molecule has 0 fully saturated rings. The summed E-state index contributed by atoms with van der Waals surface area (Å²) in [6.07, 6.45) is 1.62. The Kier molecular flexibility index (Phi) is 3.39. The summed E-state index contributed by atoms with van der Waals surface area (Å²) in [7, 11) is 0. The number of hydrogen-bond donors (Lipinski definition) is 1. The average molecular weight is 248 g/mol. The molecule has 1 amide bonds. The van der Waals surface area contributed by atoms with Crippen molar-refractivity contribution >= 4 is 23.5 Å². The molecule has 2 aromatic heterocycles. The first kappa shape index (κ1) is 11.6. The second-order valence-electron chi connectivity index (χ2n) is 3.54. The van der Waals surface area contributed by atoms with Gasteiger partial charge in [0.1, 0.15) is 11.5 Å². The summed E-state index contributed by atoms with van der Waals surface area (Å²) in [5.74, 6) is 1.06. The maximum atomic E-state index is 11.7. The first-order valence-electron chi connectivity index (χ1n) is 5.11. The molecule has 4 nitrogen and oxygen atoms in total. The van der Waals surface area contributed by atoms with Gasteiger partial charge in [-0.25, -0.2) is 5.43 Å². The number of nitrogens with zero attached hydrogens (tertiary/aromatic N) is 1. The molecule has 0 bridgehead atoms. The van der Waals surface area contributed by atoms with Gasteiger partial charge in [-0.1, -0.05) is 6.07 Å². The van der Waals surface area contributed by atoms with Gasteiger partial charge < -0.3 is 4.42 Å². The number of amides is 1. The van der Waals surface area contributed by atoms with Gasteiger partial charge in [0.15, 0.2) is 0 Å². The summed E-state index contributed by atoms with van der Waals surface area (Å²) in [6, 6.07) is 5.55. The number of carbonyl (C=O) groups excluding carboxylic acids is 1. The van der Waals surface area contributed by atoms with Crippen LogP contribution in [0, 0.1) is 13.8 Å². The van der Waals surface area contributed by atoms with E-state index in [1.54, 1.807) is 37.5 Å². The Bertz CT molecular complexity index is 541. The van der Waals surface area contributed by atoms with Gasteiger partial charge in [-0.3, -0.25) is 4.79 Å². The lowest BCUT2D eigenvalue weighted by atomic mass is 10.2. The molecule has 0 unspecified atom stereocenters. The Morgan fingerprint density at radius 1 is 1.53 bits per heavy atom. The molecule has 88 valence electrons. The molecule has 0 aliphatic heterocycles. The summed E-state index contributed by atoms with van der Waals surface area (Å²) in [6.45, 7) is 3.56. The molecule has 2 heterocycles. The van der Waals surface area contributed by atoms with Gasteiger partial charge in [-0.05, 0) is 31.4 Å². The standard InChI is InChI=1S/C12H12N2O2S/c1-8-6-11(9(2)16-8)12(15)14-13-7-10-4-3-5-17-10/h3-7H,1-2H3,(H,14,15)/b13-7+. The van der Waals surface area contributed by atoms with Gasteiger partial charge in [-0.2, -0.15) is 5.10 Å². The van der Waals surface area contributed by atoms with E-state index in [0.29, 0.717) is 11.3 Å². The Labute approximate surface area is 103 Å². The van der Waals surface area contributed by atoms with E-state index in [4.69, 9.17) is 4.42 Å². The second-order valence-corrected chi connectivity index (χ2v) is 4.52. The molecule has 0 aliphatic rings. The second kappa shape index (κ2) is 4.97. The summed E-state index contributed by atoms with van der Waals surface area (Å²) in [5, 5.41) is 5.84. The van der Waals surface area contributed by atoms with Crippen molar-refractivity contribution in [3.8, 4) is 0 Å². The van der Waals surface area contributed by atoms with E-state index in [0.717, 1.165) is 10.6 Å².